The lowest BCUT2D eigenvalue weighted by Crippen LogP contribution is -2.30. The first kappa shape index (κ1) is 15.1. The van der Waals surface area contributed by atoms with E-state index in [-0.39, 0.29) is 0 Å². The maximum Gasteiger partial charge on any atom is 0.240 e. The largest absolute Gasteiger partial charge is 0.472 e. The van der Waals surface area contributed by atoms with Gasteiger partial charge in [-0.3, -0.25) is 0 Å². The van der Waals surface area contributed by atoms with Gasteiger partial charge in [-0.25, -0.2) is 0 Å². The molecule has 0 aliphatic carbocycles. The minimum Gasteiger partial charge on any atom is -0.472 e. The molecule has 3 aromatic heterocycles. The molecule has 0 fully saturated rings. The zero-order valence-corrected chi connectivity index (χ0v) is 13.6. The second kappa shape index (κ2) is 6.56. The molecular formula is C16H20N6O2. The average molecular weight is 328 g/mol. The van der Waals surface area contributed by atoms with E-state index >= 15 is 0 Å². The van der Waals surface area contributed by atoms with Crippen LogP contribution >= 0.6 is 0 Å². The number of rotatable bonds is 6. The summed E-state index contributed by atoms with van der Waals surface area (Å²) in [6, 6.07) is 1.81. The van der Waals surface area contributed by atoms with Crippen molar-refractivity contribution in [2.45, 2.75) is 39.3 Å². The highest BCUT2D eigenvalue weighted by Gasteiger charge is 2.22. The Labute approximate surface area is 139 Å². The Morgan fingerprint density at radius 2 is 2.33 bits per heavy atom. The lowest BCUT2D eigenvalue weighted by Gasteiger charge is -2.24. The van der Waals surface area contributed by atoms with Gasteiger partial charge in [-0.1, -0.05) is 12.1 Å². The van der Waals surface area contributed by atoms with Crippen LogP contribution in [0.5, 0.6) is 0 Å². The van der Waals surface area contributed by atoms with Gasteiger partial charge in [-0.2, -0.15) is 4.98 Å². The predicted molar refractivity (Wildman–Crippen MR) is 84.9 cm³/mol. The minimum absolute atomic E-state index is 0.555. The number of nitrogens with zero attached hydrogens (tertiary/aromatic N) is 5. The summed E-state index contributed by atoms with van der Waals surface area (Å²) in [6.45, 7) is 4.57. The van der Waals surface area contributed by atoms with Crippen molar-refractivity contribution in [3.05, 3.63) is 36.1 Å². The van der Waals surface area contributed by atoms with Crippen molar-refractivity contribution in [1.82, 2.24) is 30.2 Å². The van der Waals surface area contributed by atoms with Gasteiger partial charge in [0, 0.05) is 25.9 Å². The van der Waals surface area contributed by atoms with Gasteiger partial charge < -0.3 is 18.8 Å². The van der Waals surface area contributed by atoms with Gasteiger partial charge in [0.1, 0.15) is 17.9 Å². The smallest absolute Gasteiger partial charge is 0.240 e. The SMILES string of the molecule is CCc1nnc2n1C[C@@H](CNCc1nc(-c3ccoc3)no1)CC2. The van der Waals surface area contributed by atoms with Crippen LogP contribution in [0.3, 0.4) is 0 Å². The Morgan fingerprint density at radius 1 is 1.38 bits per heavy atom. The second-order valence-electron chi connectivity index (χ2n) is 6.06. The molecule has 0 saturated heterocycles. The van der Waals surface area contributed by atoms with Gasteiger partial charge in [-0.15, -0.1) is 10.2 Å². The Balaban J connectivity index is 1.30. The summed E-state index contributed by atoms with van der Waals surface area (Å²) in [6.07, 6.45) is 6.23. The molecule has 0 radical (unpaired) electrons. The van der Waals surface area contributed by atoms with Crippen molar-refractivity contribution in [3.63, 3.8) is 0 Å². The predicted octanol–water partition coefficient (Wildman–Crippen LogP) is 1.84. The van der Waals surface area contributed by atoms with Crippen molar-refractivity contribution in [2.24, 2.45) is 5.92 Å². The summed E-state index contributed by atoms with van der Waals surface area (Å²) in [5.41, 5.74) is 0.824. The Kier molecular flexibility index (Phi) is 4.12. The van der Waals surface area contributed by atoms with E-state index in [4.69, 9.17) is 8.94 Å². The molecule has 1 aliphatic heterocycles. The quantitative estimate of drug-likeness (QED) is 0.737. The molecule has 8 nitrogen and oxygen atoms in total. The monoisotopic (exact) mass is 328 g/mol. The summed E-state index contributed by atoms with van der Waals surface area (Å²) < 4.78 is 12.6. The second-order valence-corrected chi connectivity index (χ2v) is 6.06. The van der Waals surface area contributed by atoms with E-state index in [9.17, 15) is 0 Å². The molecule has 0 bridgehead atoms. The van der Waals surface area contributed by atoms with Crippen molar-refractivity contribution >= 4 is 0 Å². The fraction of sp³-hybridized carbons (Fsp3) is 0.500. The topological polar surface area (TPSA) is 94.8 Å². The lowest BCUT2D eigenvalue weighted by molar-refractivity contribution is 0.324. The Hall–Kier alpha value is -2.48. The van der Waals surface area contributed by atoms with Crippen molar-refractivity contribution in [2.75, 3.05) is 6.54 Å². The van der Waals surface area contributed by atoms with Gasteiger partial charge in [-0.05, 0) is 18.4 Å². The van der Waals surface area contributed by atoms with Gasteiger partial charge in [0.2, 0.25) is 11.7 Å². The van der Waals surface area contributed by atoms with E-state index in [1.54, 1.807) is 12.5 Å². The molecule has 0 amide bonds. The van der Waals surface area contributed by atoms with Crippen LogP contribution < -0.4 is 5.32 Å². The Morgan fingerprint density at radius 3 is 3.17 bits per heavy atom. The van der Waals surface area contributed by atoms with Crippen molar-refractivity contribution in [1.29, 1.82) is 0 Å². The van der Waals surface area contributed by atoms with Gasteiger partial charge in [0.05, 0.1) is 18.4 Å². The van der Waals surface area contributed by atoms with Gasteiger partial charge in [0.25, 0.3) is 0 Å². The van der Waals surface area contributed by atoms with Crippen LogP contribution in [0, 0.1) is 5.92 Å². The van der Waals surface area contributed by atoms with E-state index < -0.39 is 0 Å². The molecule has 1 atom stereocenters. The zero-order valence-electron chi connectivity index (χ0n) is 13.6. The van der Waals surface area contributed by atoms with Crippen LogP contribution in [0.1, 0.15) is 30.9 Å². The van der Waals surface area contributed by atoms with E-state index in [0.717, 1.165) is 49.6 Å². The van der Waals surface area contributed by atoms with Crippen LogP contribution in [0.4, 0.5) is 0 Å². The minimum atomic E-state index is 0.555. The highest BCUT2D eigenvalue weighted by molar-refractivity contribution is 5.51. The van der Waals surface area contributed by atoms with E-state index in [1.165, 1.54) is 0 Å². The first-order valence-electron chi connectivity index (χ1n) is 8.30. The molecule has 0 aromatic carbocycles. The average Bonchev–Trinajstić information content (AvgIpc) is 3.34. The van der Waals surface area contributed by atoms with Crippen molar-refractivity contribution in [3.8, 4) is 11.4 Å². The summed E-state index contributed by atoms with van der Waals surface area (Å²) in [5.74, 6) is 3.90. The maximum absolute atomic E-state index is 5.27. The van der Waals surface area contributed by atoms with Gasteiger partial charge >= 0.3 is 0 Å². The number of hydrogen-bond donors (Lipinski definition) is 1. The molecule has 1 N–H and O–H groups in total. The molecule has 1 aliphatic rings. The number of furan rings is 1. The summed E-state index contributed by atoms with van der Waals surface area (Å²) >= 11 is 0. The third-order valence-electron chi connectivity index (χ3n) is 4.39. The maximum atomic E-state index is 5.27. The summed E-state index contributed by atoms with van der Waals surface area (Å²) in [5, 5.41) is 15.9. The molecule has 0 saturated carbocycles. The Bertz CT molecular complexity index is 778. The molecule has 24 heavy (non-hydrogen) atoms. The summed E-state index contributed by atoms with van der Waals surface area (Å²) in [7, 11) is 0. The normalized spacial score (nSPS) is 17.1. The van der Waals surface area contributed by atoms with Crippen LogP contribution in [-0.4, -0.2) is 31.4 Å². The van der Waals surface area contributed by atoms with Crippen LogP contribution in [0.25, 0.3) is 11.4 Å². The highest BCUT2D eigenvalue weighted by Crippen LogP contribution is 2.20. The standard InChI is InChI=1S/C16H20N6O2/c1-2-13-19-20-14-4-3-11(9-22(13)14)7-17-8-15-18-16(21-24-15)12-5-6-23-10-12/h5-6,10-11,17H,2-4,7-9H2,1H3/t11-/m1/s1. The summed E-state index contributed by atoms with van der Waals surface area (Å²) in [4.78, 5) is 4.36. The van der Waals surface area contributed by atoms with E-state index in [1.807, 2.05) is 6.07 Å². The number of nitrogens with one attached hydrogen (secondary N) is 1. The van der Waals surface area contributed by atoms with Crippen molar-refractivity contribution < 1.29 is 8.94 Å². The highest BCUT2D eigenvalue weighted by atomic mass is 16.5. The number of fused-ring (bicyclic) bond motifs is 1. The van der Waals surface area contributed by atoms with E-state index in [2.05, 4.69) is 37.1 Å². The molecule has 0 spiro atoms. The van der Waals surface area contributed by atoms with E-state index in [0.29, 0.717) is 24.2 Å². The zero-order chi connectivity index (χ0) is 16.4. The molecule has 8 heteroatoms. The number of aromatic nitrogens is 5. The third-order valence-corrected chi connectivity index (χ3v) is 4.39. The molecule has 4 rings (SSSR count). The van der Waals surface area contributed by atoms with Crippen LogP contribution in [0.15, 0.2) is 27.5 Å². The van der Waals surface area contributed by atoms with Crippen LogP contribution in [-0.2, 0) is 25.9 Å². The van der Waals surface area contributed by atoms with Crippen LogP contribution in [0.2, 0.25) is 0 Å². The molecule has 0 unspecified atom stereocenters. The first-order chi connectivity index (χ1) is 11.8. The number of aryl methyl sites for hydroxylation is 2. The number of hydrogen-bond acceptors (Lipinski definition) is 7. The molecule has 4 heterocycles. The lowest BCUT2D eigenvalue weighted by atomic mass is 9.99. The van der Waals surface area contributed by atoms with Gasteiger partial charge in [0.15, 0.2) is 0 Å². The fourth-order valence-corrected chi connectivity index (χ4v) is 3.10. The third kappa shape index (κ3) is 2.96. The molecule has 3 aromatic rings. The first-order valence-corrected chi connectivity index (χ1v) is 8.30. The molecular weight excluding hydrogens is 308 g/mol. The molecule has 126 valence electrons. The fourth-order valence-electron chi connectivity index (χ4n) is 3.10.